The van der Waals surface area contributed by atoms with Gasteiger partial charge in [0.2, 0.25) is 0 Å². The van der Waals surface area contributed by atoms with Crippen LogP contribution in [-0.2, 0) is 0 Å². The highest BCUT2D eigenvalue weighted by Crippen LogP contribution is 2.43. The summed E-state index contributed by atoms with van der Waals surface area (Å²) in [4.78, 5) is 15.1. The number of carbonyl (C=O) groups excluding carboxylic acids is 1. The van der Waals surface area contributed by atoms with Gasteiger partial charge in [-0.2, -0.15) is 0 Å². The van der Waals surface area contributed by atoms with Gasteiger partial charge in [0.05, 0.1) is 16.5 Å². The number of rotatable bonds is 12. The van der Waals surface area contributed by atoms with Gasteiger partial charge in [-0.05, 0) is 75.7 Å². The zero-order chi connectivity index (χ0) is 29.1. The minimum atomic E-state index is -0.575. The summed E-state index contributed by atoms with van der Waals surface area (Å²) in [6.07, 6.45) is 16.4. The van der Waals surface area contributed by atoms with E-state index in [4.69, 9.17) is 39.5 Å². The van der Waals surface area contributed by atoms with Crippen LogP contribution < -0.4 is 4.74 Å². The predicted molar refractivity (Wildman–Crippen MR) is 171 cm³/mol. The van der Waals surface area contributed by atoms with Crippen LogP contribution in [-0.4, -0.2) is 47.2 Å². The second kappa shape index (κ2) is 15.7. The van der Waals surface area contributed by atoms with Crippen molar-refractivity contribution in [3.63, 3.8) is 0 Å². The first-order valence-corrected chi connectivity index (χ1v) is 15.2. The molecule has 3 unspecified atom stereocenters. The number of benzene rings is 1. The van der Waals surface area contributed by atoms with E-state index >= 15 is 0 Å². The SMILES string of the molecule is CCCCC(C(=O)c1ccc(OCCCN(C)C)c(Cl)c1Cl)C(C)C1(Cl)C=CC=CC1.c1ccn2cccc2c1. The Hall–Kier alpha value is -2.24. The number of pyridine rings is 1. The monoisotopic (exact) mass is 602 g/mol. The smallest absolute Gasteiger partial charge is 0.167 e. The highest BCUT2D eigenvalue weighted by atomic mass is 35.5. The molecule has 1 aliphatic carbocycles. The first-order chi connectivity index (χ1) is 19.2. The molecule has 216 valence electrons. The van der Waals surface area contributed by atoms with E-state index in [0.717, 1.165) is 32.2 Å². The molecular formula is C33H41Cl3N2O2. The van der Waals surface area contributed by atoms with Gasteiger partial charge < -0.3 is 14.0 Å². The third-order valence-electron chi connectivity index (χ3n) is 7.37. The van der Waals surface area contributed by atoms with E-state index in [9.17, 15) is 4.79 Å². The van der Waals surface area contributed by atoms with Crippen LogP contribution in [0.3, 0.4) is 0 Å². The molecule has 2 heterocycles. The number of Topliss-reactive ketones (excluding diaryl/α,β-unsaturated/α-hetero) is 1. The lowest BCUT2D eigenvalue weighted by atomic mass is 9.74. The van der Waals surface area contributed by atoms with E-state index in [1.165, 1.54) is 5.52 Å². The van der Waals surface area contributed by atoms with E-state index in [2.05, 4.69) is 41.4 Å². The average Bonchev–Trinajstić information content (AvgIpc) is 3.43. The fourth-order valence-electron chi connectivity index (χ4n) is 4.89. The standard InChI is InChI=1S/C25H34Cl3NO2.C8H7N/c1-5-6-11-19(18(2)25(28)14-8-7-9-15-25)24(30)20-12-13-21(23(27)22(20)26)31-17-10-16-29(3)4;1-2-6-9-7-3-5-8(9)4-1/h7-9,12-14,18-19H,5-6,10-11,15-17H2,1-4H3;1-7H. The van der Waals surface area contributed by atoms with Crippen molar-refractivity contribution < 1.29 is 9.53 Å². The summed E-state index contributed by atoms with van der Waals surface area (Å²) in [6, 6.07) is 13.7. The van der Waals surface area contributed by atoms with Gasteiger partial charge in [0, 0.05) is 35.9 Å². The highest BCUT2D eigenvalue weighted by Gasteiger charge is 2.40. The van der Waals surface area contributed by atoms with Crippen molar-refractivity contribution in [2.75, 3.05) is 27.2 Å². The Morgan fingerprint density at radius 3 is 2.48 bits per heavy atom. The first kappa shape index (κ1) is 32.3. The average molecular weight is 604 g/mol. The molecule has 0 saturated carbocycles. The maximum atomic E-state index is 13.6. The van der Waals surface area contributed by atoms with Crippen molar-refractivity contribution in [1.82, 2.24) is 9.30 Å². The molecule has 0 fully saturated rings. The summed E-state index contributed by atoms with van der Waals surface area (Å²) >= 11 is 20.0. The van der Waals surface area contributed by atoms with Crippen molar-refractivity contribution in [3.05, 3.63) is 94.8 Å². The Kier molecular flexibility index (Phi) is 12.6. The van der Waals surface area contributed by atoms with Gasteiger partial charge in [0.1, 0.15) is 10.8 Å². The van der Waals surface area contributed by atoms with Crippen LogP contribution in [0, 0.1) is 11.8 Å². The number of allylic oxidation sites excluding steroid dienone is 4. The van der Waals surface area contributed by atoms with Crippen LogP contribution in [0.15, 0.2) is 79.2 Å². The molecule has 7 heteroatoms. The fraction of sp³-hybridized carbons (Fsp3) is 0.424. The fourth-order valence-corrected chi connectivity index (χ4v) is 5.67. The number of fused-ring (bicyclic) bond motifs is 1. The second-order valence-corrected chi connectivity index (χ2v) is 12.1. The number of carbonyl (C=O) groups is 1. The maximum Gasteiger partial charge on any atom is 0.167 e. The molecule has 0 spiro atoms. The number of aromatic nitrogens is 1. The molecule has 0 aliphatic heterocycles. The lowest BCUT2D eigenvalue weighted by molar-refractivity contribution is 0.0851. The molecule has 1 aromatic carbocycles. The van der Waals surface area contributed by atoms with Crippen molar-refractivity contribution in [1.29, 1.82) is 0 Å². The molecule has 0 radical (unpaired) electrons. The van der Waals surface area contributed by atoms with Gasteiger partial charge in [-0.3, -0.25) is 4.79 Å². The van der Waals surface area contributed by atoms with E-state index in [1.54, 1.807) is 12.1 Å². The molecule has 4 nitrogen and oxygen atoms in total. The Labute approximate surface area is 254 Å². The van der Waals surface area contributed by atoms with E-state index in [-0.39, 0.29) is 22.6 Å². The molecular weight excluding hydrogens is 563 g/mol. The van der Waals surface area contributed by atoms with Crippen molar-refractivity contribution in [2.24, 2.45) is 11.8 Å². The highest BCUT2D eigenvalue weighted by molar-refractivity contribution is 6.44. The van der Waals surface area contributed by atoms with Gasteiger partial charge in [0.25, 0.3) is 0 Å². The third-order valence-corrected chi connectivity index (χ3v) is 8.86. The minimum absolute atomic E-state index is 0.00464. The predicted octanol–water partition coefficient (Wildman–Crippen LogP) is 9.38. The number of halogens is 3. The molecule has 0 bridgehead atoms. The molecule has 0 saturated heterocycles. The lowest BCUT2D eigenvalue weighted by Crippen LogP contribution is -2.37. The summed E-state index contributed by atoms with van der Waals surface area (Å²) in [5.74, 6) is 0.213. The first-order valence-electron chi connectivity index (χ1n) is 14.0. The lowest BCUT2D eigenvalue weighted by Gasteiger charge is -2.36. The van der Waals surface area contributed by atoms with Crippen molar-refractivity contribution in [3.8, 4) is 5.75 Å². The van der Waals surface area contributed by atoms with Crippen molar-refractivity contribution in [2.45, 2.75) is 50.8 Å². The zero-order valence-corrected chi connectivity index (χ0v) is 26.2. The summed E-state index contributed by atoms with van der Waals surface area (Å²) in [7, 11) is 4.04. The van der Waals surface area contributed by atoms with Crippen LogP contribution in [0.2, 0.25) is 10.0 Å². The molecule has 4 rings (SSSR count). The van der Waals surface area contributed by atoms with Gasteiger partial charge in [0.15, 0.2) is 5.78 Å². The quantitative estimate of drug-likeness (QED) is 0.117. The van der Waals surface area contributed by atoms with Gasteiger partial charge >= 0.3 is 0 Å². The Morgan fingerprint density at radius 2 is 1.80 bits per heavy atom. The molecule has 1 aliphatic rings. The van der Waals surface area contributed by atoms with Crippen LogP contribution in [0.5, 0.6) is 5.75 Å². The number of hydrogen-bond acceptors (Lipinski definition) is 3. The van der Waals surface area contributed by atoms with Crippen LogP contribution in [0.4, 0.5) is 0 Å². The van der Waals surface area contributed by atoms with Gasteiger partial charge in [-0.1, -0.05) is 80.3 Å². The van der Waals surface area contributed by atoms with E-state index in [1.807, 2.05) is 62.9 Å². The Bertz CT molecular complexity index is 1270. The van der Waals surface area contributed by atoms with E-state index < -0.39 is 4.87 Å². The second-order valence-electron chi connectivity index (χ2n) is 10.6. The molecule has 3 atom stereocenters. The molecule has 0 amide bonds. The summed E-state index contributed by atoms with van der Waals surface area (Å²) in [5, 5.41) is 0.550. The summed E-state index contributed by atoms with van der Waals surface area (Å²) in [5.41, 5.74) is 1.69. The molecule has 40 heavy (non-hydrogen) atoms. The van der Waals surface area contributed by atoms with Crippen molar-refractivity contribution >= 4 is 46.1 Å². The zero-order valence-electron chi connectivity index (χ0n) is 24.0. The van der Waals surface area contributed by atoms with Crippen LogP contribution in [0.25, 0.3) is 5.52 Å². The van der Waals surface area contributed by atoms with Crippen LogP contribution >= 0.6 is 34.8 Å². The largest absolute Gasteiger partial charge is 0.492 e. The number of alkyl halides is 1. The van der Waals surface area contributed by atoms with Crippen LogP contribution in [0.1, 0.15) is 56.3 Å². The minimum Gasteiger partial charge on any atom is -0.492 e. The number of ketones is 1. The number of ether oxygens (including phenoxy) is 1. The Morgan fingerprint density at radius 1 is 1.05 bits per heavy atom. The van der Waals surface area contributed by atoms with Gasteiger partial charge in [-0.15, -0.1) is 11.6 Å². The summed E-state index contributed by atoms with van der Waals surface area (Å²) in [6.45, 7) is 5.64. The van der Waals surface area contributed by atoms with E-state index in [0.29, 0.717) is 29.4 Å². The topological polar surface area (TPSA) is 34.0 Å². The summed E-state index contributed by atoms with van der Waals surface area (Å²) < 4.78 is 7.88. The molecule has 2 aromatic heterocycles. The van der Waals surface area contributed by atoms with Gasteiger partial charge in [-0.25, -0.2) is 0 Å². The molecule has 3 aromatic rings. The Balaban J connectivity index is 0.000000407. The number of hydrogen-bond donors (Lipinski definition) is 0. The number of unbranched alkanes of at least 4 members (excludes halogenated alkanes) is 1. The third kappa shape index (κ3) is 8.63. The number of nitrogens with zero attached hydrogens (tertiary/aromatic N) is 2. The molecule has 0 N–H and O–H groups in total. The normalized spacial score (nSPS) is 17.9. The maximum absolute atomic E-state index is 13.6.